The van der Waals surface area contributed by atoms with E-state index < -0.39 is 0 Å². The van der Waals surface area contributed by atoms with Crippen LogP contribution < -0.4 is 0 Å². The molecule has 0 fully saturated rings. The summed E-state index contributed by atoms with van der Waals surface area (Å²) in [5, 5.41) is 9.67. The molecule has 1 N–H and O–H groups in total. The molecule has 0 saturated carbocycles. The third kappa shape index (κ3) is 2.59. The van der Waals surface area contributed by atoms with Crippen LogP contribution in [-0.4, -0.2) is 30.6 Å². The molecule has 68 valence electrons. The van der Waals surface area contributed by atoms with Gasteiger partial charge in [0, 0.05) is 16.3 Å². The van der Waals surface area contributed by atoms with E-state index in [9.17, 15) is 5.11 Å². The van der Waals surface area contributed by atoms with Gasteiger partial charge >= 0.3 is 0 Å². The van der Waals surface area contributed by atoms with Gasteiger partial charge in [-0.25, -0.2) is 0 Å². The predicted octanol–water partition coefficient (Wildman–Crippen LogP) is 1.65. The number of thiophene rings is 1. The largest absolute Gasteiger partial charge is 0.386 e. The van der Waals surface area contributed by atoms with Crippen LogP contribution in [0.25, 0.3) is 0 Å². The average molecular weight is 185 g/mol. The molecule has 0 radical (unpaired) electrons. The van der Waals surface area contributed by atoms with Crippen LogP contribution in [-0.2, 0) is 0 Å². The molecular formula is C9H15NOS. The smallest absolute Gasteiger partial charge is 0.101 e. The maximum absolute atomic E-state index is 9.67. The second kappa shape index (κ2) is 4.03. The molecule has 1 aromatic heterocycles. The second-order valence-electron chi connectivity index (χ2n) is 3.23. The highest BCUT2D eigenvalue weighted by molar-refractivity contribution is 7.12. The number of aliphatic hydroxyl groups is 1. The molecule has 1 rings (SSSR count). The average Bonchev–Trinajstić information content (AvgIpc) is 2.34. The van der Waals surface area contributed by atoms with Gasteiger partial charge in [0.2, 0.25) is 0 Å². The highest BCUT2D eigenvalue weighted by Gasteiger charge is 2.09. The third-order valence-electron chi connectivity index (χ3n) is 1.63. The number of aliphatic hydroxyl groups excluding tert-OH is 1. The van der Waals surface area contributed by atoms with E-state index in [0.29, 0.717) is 6.54 Å². The topological polar surface area (TPSA) is 23.5 Å². The van der Waals surface area contributed by atoms with Gasteiger partial charge in [0.25, 0.3) is 0 Å². The van der Waals surface area contributed by atoms with Gasteiger partial charge in [-0.2, -0.15) is 0 Å². The maximum atomic E-state index is 9.67. The first-order valence-corrected chi connectivity index (χ1v) is 4.80. The van der Waals surface area contributed by atoms with E-state index in [0.717, 1.165) is 4.88 Å². The van der Waals surface area contributed by atoms with Crippen LogP contribution in [0, 0.1) is 6.92 Å². The van der Waals surface area contributed by atoms with Crippen LogP contribution in [0.2, 0.25) is 0 Å². The summed E-state index contributed by atoms with van der Waals surface area (Å²) in [6.45, 7) is 2.75. The van der Waals surface area contributed by atoms with Gasteiger partial charge in [0.05, 0.1) is 0 Å². The van der Waals surface area contributed by atoms with Gasteiger partial charge in [-0.1, -0.05) is 0 Å². The highest BCUT2D eigenvalue weighted by atomic mass is 32.1. The minimum absolute atomic E-state index is 0.335. The van der Waals surface area contributed by atoms with Crippen molar-refractivity contribution in [3.8, 4) is 0 Å². The predicted molar refractivity (Wildman–Crippen MR) is 52.6 cm³/mol. The summed E-state index contributed by atoms with van der Waals surface area (Å²) in [5.74, 6) is 0. The van der Waals surface area contributed by atoms with E-state index in [4.69, 9.17) is 0 Å². The Labute approximate surface area is 77.5 Å². The van der Waals surface area contributed by atoms with Crippen molar-refractivity contribution in [3.63, 3.8) is 0 Å². The zero-order valence-corrected chi connectivity index (χ0v) is 8.56. The molecule has 1 atom stereocenters. The first-order chi connectivity index (χ1) is 5.59. The Kier molecular flexibility index (Phi) is 3.26. The number of nitrogens with zero attached hydrogens (tertiary/aromatic N) is 1. The number of hydrogen-bond acceptors (Lipinski definition) is 3. The summed E-state index contributed by atoms with van der Waals surface area (Å²) in [4.78, 5) is 4.30. The molecular weight excluding hydrogens is 170 g/mol. The molecule has 12 heavy (non-hydrogen) atoms. The Morgan fingerprint density at radius 1 is 1.50 bits per heavy atom. The second-order valence-corrected chi connectivity index (χ2v) is 4.55. The number of hydrogen-bond donors (Lipinski definition) is 1. The van der Waals surface area contributed by atoms with Crippen LogP contribution in [0.3, 0.4) is 0 Å². The molecule has 0 aliphatic carbocycles. The molecule has 3 heteroatoms. The Morgan fingerprint density at radius 3 is 2.58 bits per heavy atom. The fourth-order valence-electron chi connectivity index (χ4n) is 1.07. The minimum Gasteiger partial charge on any atom is -0.386 e. The van der Waals surface area contributed by atoms with Gasteiger partial charge in [-0.3, -0.25) is 0 Å². The zero-order valence-electron chi connectivity index (χ0n) is 7.74. The molecule has 1 aromatic rings. The number of rotatable bonds is 3. The number of aryl methyl sites for hydroxylation is 1. The first-order valence-electron chi connectivity index (χ1n) is 3.98. The van der Waals surface area contributed by atoms with Gasteiger partial charge in [0.1, 0.15) is 6.10 Å². The lowest BCUT2D eigenvalue weighted by Crippen LogP contribution is -2.19. The third-order valence-corrected chi connectivity index (χ3v) is 2.73. The van der Waals surface area contributed by atoms with Crippen LogP contribution in [0.5, 0.6) is 0 Å². The van der Waals surface area contributed by atoms with Crippen LogP contribution in [0.15, 0.2) is 12.1 Å². The molecule has 0 aliphatic heterocycles. The standard InChI is InChI=1S/C9H15NOS/c1-7-4-5-9(12-7)8(11)6-10(2)3/h4-5,8,11H,6H2,1-3H3. The Balaban J connectivity index is 2.58. The molecule has 1 unspecified atom stereocenters. The maximum Gasteiger partial charge on any atom is 0.101 e. The molecule has 1 heterocycles. The van der Waals surface area contributed by atoms with Crippen molar-refractivity contribution in [3.05, 3.63) is 21.9 Å². The fraction of sp³-hybridized carbons (Fsp3) is 0.556. The van der Waals surface area contributed by atoms with E-state index >= 15 is 0 Å². The lowest BCUT2D eigenvalue weighted by atomic mass is 10.3. The molecule has 0 saturated heterocycles. The van der Waals surface area contributed by atoms with E-state index in [1.54, 1.807) is 11.3 Å². The van der Waals surface area contributed by atoms with Gasteiger partial charge in [-0.05, 0) is 33.2 Å². The molecule has 0 bridgehead atoms. The Bertz CT molecular complexity index is 244. The van der Waals surface area contributed by atoms with Crippen LogP contribution in [0.4, 0.5) is 0 Å². The van der Waals surface area contributed by atoms with Crippen molar-refractivity contribution in [1.29, 1.82) is 0 Å². The van der Waals surface area contributed by atoms with Crippen LogP contribution >= 0.6 is 11.3 Å². The summed E-state index contributed by atoms with van der Waals surface area (Å²) in [7, 11) is 3.92. The molecule has 0 aliphatic rings. The SMILES string of the molecule is Cc1ccc(C(O)CN(C)C)s1. The highest BCUT2D eigenvalue weighted by Crippen LogP contribution is 2.22. The summed E-state index contributed by atoms with van der Waals surface area (Å²) in [6, 6.07) is 4.03. The van der Waals surface area contributed by atoms with Crippen molar-refractivity contribution in [2.45, 2.75) is 13.0 Å². The van der Waals surface area contributed by atoms with Crippen molar-refractivity contribution < 1.29 is 5.11 Å². The summed E-state index contributed by atoms with van der Waals surface area (Å²) >= 11 is 1.66. The lowest BCUT2D eigenvalue weighted by molar-refractivity contribution is 0.141. The normalized spacial score (nSPS) is 13.8. The van der Waals surface area contributed by atoms with Gasteiger partial charge < -0.3 is 10.0 Å². The lowest BCUT2D eigenvalue weighted by Gasteiger charge is -2.14. The van der Waals surface area contributed by atoms with Crippen molar-refractivity contribution in [2.75, 3.05) is 20.6 Å². The van der Waals surface area contributed by atoms with Gasteiger partial charge in [0.15, 0.2) is 0 Å². The summed E-state index contributed by atoms with van der Waals surface area (Å²) in [6.07, 6.45) is -0.335. The molecule has 2 nitrogen and oxygen atoms in total. The first kappa shape index (κ1) is 9.71. The quantitative estimate of drug-likeness (QED) is 0.774. The summed E-state index contributed by atoms with van der Waals surface area (Å²) < 4.78 is 0. The van der Waals surface area contributed by atoms with Crippen molar-refractivity contribution in [1.82, 2.24) is 4.90 Å². The Morgan fingerprint density at radius 2 is 2.17 bits per heavy atom. The van der Waals surface area contributed by atoms with E-state index in [1.165, 1.54) is 4.88 Å². The molecule has 0 amide bonds. The Hall–Kier alpha value is -0.380. The van der Waals surface area contributed by atoms with Gasteiger partial charge in [-0.15, -0.1) is 11.3 Å². The monoisotopic (exact) mass is 185 g/mol. The molecule has 0 spiro atoms. The van der Waals surface area contributed by atoms with E-state index in [2.05, 4.69) is 6.92 Å². The minimum atomic E-state index is -0.335. The molecule has 0 aromatic carbocycles. The van der Waals surface area contributed by atoms with E-state index in [-0.39, 0.29) is 6.10 Å². The van der Waals surface area contributed by atoms with Crippen molar-refractivity contribution in [2.24, 2.45) is 0 Å². The number of likely N-dealkylation sites (N-methyl/N-ethyl adjacent to an activating group) is 1. The fourth-order valence-corrected chi connectivity index (χ4v) is 1.92. The van der Waals surface area contributed by atoms with E-state index in [1.807, 2.05) is 31.1 Å². The van der Waals surface area contributed by atoms with Crippen molar-refractivity contribution >= 4 is 11.3 Å². The van der Waals surface area contributed by atoms with Crippen LogP contribution in [0.1, 0.15) is 15.9 Å². The zero-order chi connectivity index (χ0) is 9.14. The summed E-state index contributed by atoms with van der Waals surface area (Å²) in [5.41, 5.74) is 0.